The van der Waals surface area contributed by atoms with Gasteiger partial charge >= 0.3 is 0 Å². The summed E-state index contributed by atoms with van der Waals surface area (Å²) in [4.78, 5) is 27.7. The maximum atomic E-state index is 10.2. The minimum Gasteiger partial charge on any atom is -0.211 e. The van der Waals surface area contributed by atoms with Crippen molar-refractivity contribution in [3.63, 3.8) is 0 Å². The zero-order chi connectivity index (χ0) is 15.3. The third-order valence-corrected chi connectivity index (χ3v) is 7.08. The van der Waals surface area contributed by atoms with E-state index in [4.69, 9.17) is 0 Å². The van der Waals surface area contributed by atoms with Crippen LogP contribution < -0.4 is 10.4 Å². The minimum absolute atomic E-state index is 0.606. The molecule has 0 aromatic heterocycles. The van der Waals surface area contributed by atoms with Crippen LogP contribution in [0.15, 0.2) is 58.5 Å². The van der Waals surface area contributed by atoms with Crippen molar-refractivity contribution >= 4 is 42.0 Å². The SMILES string of the molecule is C[Si](C)(c1ccc(N=C=O)cc1)c1ccc(N=C=O)cc1. The molecule has 104 valence electrons. The number of nitrogens with zero attached hydrogens (tertiary/aromatic N) is 2. The highest BCUT2D eigenvalue weighted by Gasteiger charge is 2.25. The predicted octanol–water partition coefficient (Wildman–Crippen LogP) is 2.44. The van der Waals surface area contributed by atoms with E-state index in [0.717, 1.165) is 0 Å². The lowest BCUT2D eigenvalue weighted by Crippen LogP contribution is -2.52. The molecule has 0 N–H and O–H groups in total. The Morgan fingerprint density at radius 1 is 0.714 bits per heavy atom. The highest BCUT2D eigenvalue weighted by molar-refractivity contribution is 7.00. The number of hydrogen-bond donors (Lipinski definition) is 0. The Hall–Kier alpha value is -2.58. The molecular formula is C16H14N2O2Si. The third-order valence-electron chi connectivity index (χ3n) is 3.53. The maximum absolute atomic E-state index is 10.2. The van der Waals surface area contributed by atoms with Gasteiger partial charge in [0.25, 0.3) is 0 Å². The molecule has 21 heavy (non-hydrogen) atoms. The first-order valence-electron chi connectivity index (χ1n) is 6.45. The van der Waals surface area contributed by atoms with E-state index >= 15 is 0 Å². The highest BCUT2D eigenvalue weighted by atomic mass is 28.3. The summed E-state index contributed by atoms with van der Waals surface area (Å²) in [6, 6.07) is 15.3. The van der Waals surface area contributed by atoms with Gasteiger partial charge < -0.3 is 0 Å². The molecule has 0 bridgehead atoms. The van der Waals surface area contributed by atoms with Crippen molar-refractivity contribution < 1.29 is 9.59 Å². The van der Waals surface area contributed by atoms with Crippen LogP contribution in [0, 0.1) is 0 Å². The van der Waals surface area contributed by atoms with Crippen LogP contribution in [0.3, 0.4) is 0 Å². The summed E-state index contributed by atoms with van der Waals surface area (Å²) in [5.74, 6) is 0. The fraction of sp³-hybridized carbons (Fsp3) is 0.125. The maximum Gasteiger partial charge on any atom is 0.240 e. The topological polar surface area (TPSA) is 58.9 Å². The van der Waals surface area contributed by atoms with Gasteiger partial charge in [0.15, 0.2) is 0 Å². The molecule has 0 unspecified atom stereocenters. The number of isocyanates is 2. The van der Waals surface area contributed by atoms with Gasteiger partial charge in [-0.2, -0.15) is 9.98 Å². The van der Waals surface area contributed by atoms with Gasteiger partial charge in [0, 0.05) is 0 Å². The van der Waals surface area contributed by atoms with Gasteiger partial charge in [0.1, 0.15) is 8.07 Å². The number of carbonyl (C=O) groups excluding carboxylic acids is 2. The second-order valence-electron chi connectivity index (χ2n) is 5.12. The molecule has 0 aliphatic rings. The van der Waals surface area contributed by atoms with Gasteiger partial charge in [-0.15, -0.1) is 0 Å². The average Bonchev–Trinajstić information content (AvgIpc) is 2.49. The van der Waals surface area contributed by atoms with Crippen LogP contribution in [0.25, 0.3) is 0 Å². The molecule has 0 fully saturated rings. The van der Waals surface area contributed by atoms with Crippen LogP contribution >= 0.6 is 0 Å². The second kappa shape index (κ2) is 6.24. The van der Waals surface area contributed by atoms with Gasteiger partial charge in [-0.25, -0.2) is 9.59 Å². The van der Waals surface area contributed by atoms with E-state index in [1.165, 1.54) is 22.5 Å². The molecule has 0 saturated carbocycles. The molecule has 2 aromatic carbocycles. The van der Waals surface area contributed by atoms with E-state index in [9.17, 15) is 9.59 Å². The summed E-state index contributed by atoms with van der Waals surface area (Å²) in [5.41, 5.74) is 1.21. The number of aliphatic imine (C=N–C) groups is 2. The Bertz CT molecular complexity index is 660. The molecule has 0 saturated heterocycles. The van der Waals surface area contributed by atoms with Crippen molar-refractivity contribution in [1.82, 2.24) is 0 Å². The van der Waals surface area contributed by atoms with E-state index in [1.54, 1.807) is 0 Å². The van der Waals surface area contributed by atoms with Crippen LogP contribution in [-0.2, 0) is 9.59 Å². The average molecular weight is 294 g/mol. The molecule has 0 radical (unpaired) electrons. The van der Waals surface area contributed by atoms with E-state index in [2.05, 4.69) is 23.1 Å². The molecular weight excluding hydrogens is 280 g/mol. The Labute approximate surface area is 123 Å². The molecule has 0 aliphatic heterocycles. The Kier molecular flexibility index (Phi) is 4.41. The standard InChI is InChI=1S/C16H14N2O2Si/c1-21(2,15-7-3-13(4-8-15)17-11-19)16-9-5-14(6-10-16)18-12-20/h3-10H,1-2H3. The lowest BCUT2D eigenvalue weighted by Gasteiger charge is -2.23. The molecule has 2 rings (SSSR count). The normalized spacial score (nSPS) is 10.4. The quantitative estimate of drug-likeness (QED) is 0.494. The van der Waals surface area contributed by atoms with Gasteiger partial charge in [0.05, 0.1) is 11.4 Å². The summed E-state index contributed by atoms with van der Waals surface area (Å²) in [6.07, 6.45) is 3.07. The van der Waals surface area contributed by atoms with E-state index < -0.39 is 8.07 Å². The summed E-state index contributed by atoms with van der Waals surface area (Å²) in [6.45, 7) is 4.48. The number of hydrogen-bond acceptors (Lipinski definition) is 4. The number of benzene rings is 2. The first kappa shape index (κ1) is 14.8. The Morgan fingerprint density at radius 3 is 1.33 bits per heavy atom. The second-order valence-corrected chi connectivity index (χ2v) is 9.53. The first-order valence-corrected chi connectivity index (χ1v) is 9.45. The van der Waals surface area contributed by atoms with Crippen LogP contribution in [-0.4, -0.2) is 20.2 Å². The Morgan fingerprint density at radius 2 is 1.05 bits per heavy atom. The summed E-state index contributed by atoms with van der Waals surface area (Å²) in [7, 11) is -1.83. The van der Waals surface area contributed by atoms with Gasteiger partial charge in [-0.05, 0) is 24.3 Å². The smallest absolute Gasteiger partial charge is 0.211 e. The highest BCUT2D eigenvalue weighted by Crippen LogP contribution is 2.13. The van der Waals surface area contributed by atoms with Crippen LogP contribution in [0.4, 0.5) is 11.4 Å². The fourth-order valence-electron chi connectivity index (χ4n) is 2.18. The summed E-state index contributed by atoms with van der Waals surface area (Å²) in [5, 5.41) is 2.47. The lowest BCUT2D eigenvalue weighted by atomic mass is 10.3. The molecule has 0 spiro atoms. The van der Waals surface area contributed by atoms with Crippen molar-refractivity contribution in [2.75, 3.05) is 0 Å². The lowest BCUT2D eigenvalue weighted by molar-refractivity contribution is 0.564. The van der Waals surface area contributed by atoms with Crippen molar-refractivity contribution in [2.24, 2.45) is 9.98 Å². The molecule has 2 aromatic rings. The van der Waals surface area contributed by atoms with Crippen molar-refractivity contribution in [3.05, 3.63) is 48.5 Å². The summed E-state index contributed by atoms with van der Waals surface area (Å²) < 4.78 is 0. The third kappa shape index (κ3) is 3.30. The van der Waals surface area contributed by atoms with E-state index in [-0.39, 0.29) is 0 Å². The minimum atomic E-state index is -1.83. The molecule has 0 amide bonds. The zero-order valence-electron chi connectivity index (χ0n) is 11.8. The fourth-order valence-corrected chi connectivity index (χ4v) is 4.51. The molecule has 5 heteroatoms. The van der Waals surface area contributed by atoms with Crippen molar-refractivity contribution in [3.8, 4) is 0 Å². The van der Waals surface area contributed by atoms with Crippen molar-refractivity contribution in [1.29, 1.82) is 0 Å². The van der Waals surface area contributed by atoms with Gasteiger partial charge in [-0.1, -0.05) is 47.7 Å². The van der Waals surface area contributed by atoms with E-state index in [0.29, 0.717) is 11.4 Å². The molecule has 0 heterocycles. The number of rotatable bonds is 4. The summed E-state index contributed by atoms with van der Waals surface area (Å²) >= 11 is 0. The van der Waals surface area contributed by atoms with Gasteiger partial charge in [-0.3, -0.25) is 0 Å². The zero-order valence-corrected chi connectivity index (χ0v) is 12.8. The molecule has 0 aliphatic carbocycles. The van der Waals surface area contributed by atoms with Crippen LogP contribution in [0.1, 0.15) is 0 Å². The first-order chi connectivity index (χ1) is 10.1. The van der Waals surface area contributed by atoms with Gasteiger partial charge in [0.2, 0.25) is 12.2 Å². The Balaban J connectivity index is 2.35. The van der Waals surface area contributed by atoms with E-state index in [1.807, 2.05) is 48.5 Å². The molecule has 0 atom stereocenters. The monoisotopic (exact) mass is 294 g/mol. The molecule has 4 nitrogen and oxygen atoms in total. The predicted molar refractivity (Wildman–Crippen MR) is 85.2 cm³/mol. The van der Waals surface area contributed by atoms with Crippen LogP contribution in [0.5, 0.6) is 0 Å². The largest absolute Gasteiger partial charge is 0.240 e. The van der Waals surface area contributed by atoms with Crippen LogP contribution in [0.2, 0.25) is 13.1 Å². The van der Waals surface area contributed by atoms with Crippen molar-refractivity contribution in [2.45, 2.75) is 13.1 Å².